The third kappa shape index (κ3) is 4.14. The lowest BCUT2D eigenvalue weighted by Crippen LogP contribution is -2.38. The zero-order valence-corrected chi connectivity index (χ0v) is 20.6. The van der Waals surface area contributed by atoms with Crippen LogP contribution in [-0.4, -0.2) is 44.4 Å². The molecule has 1 saturated heterocycles. The van der Waals surface area contributed by atoms with Gasteiger partial charge in [0.25, 0.3) is 5.56 Å². The van der Waals surface area contributed by atoms with Crippen LogP contribution in [-0.2, 0) is 12.0 Å². The predicted octanol–water partition coefficient (Wildman–Crippen LogP) is 3.30. The quantitative estimate of drug-likeness (QED) is 0.407. The monoisotopic (exact) mass is 482 g/mol. The molecule has 9 heteroatoms. The Morgan fingerprint density at radius 1 is 1.08 bits per heavy atom. The molecule has 2 aliphatic rings. The van der Waals surface area contributed by atoms with Gasteiger partial charge in [-0.15, -0.1) is 0 Å². The van der Waals surface area contributed by atoms with Crippen LogP contribution in [0.5, 0.6) is 0 Å². The van der Waals surface area contributed by atoms with Crippen LogP contribution >= 0.6 is 0 Å². The number of hydrogen-bond acceptors (Lipinski definition) is 8. The normalized spacial score (nSPS) is 17.6. The van der Waals surface area contributed by atoms with Crippen molar-refractivity contribution in [3.63, 3.8) is 0 Å². The molecule has 0 saturated carbocycles. The lowest BCUT2D eigenvalue weighted by atomic mass is 9.79. The van der Waals surface area contributed by atoms with E-state index in [2.05, 4.69) is 58.0 Å². The van der Waals surface area contributed by atoms with Crippen LogP contribution in [0.2, 0.25) is 0 Å². The Labute approximate surface area is 209 Å². The minimum Gasteiger partial charge on any atom is -0.324 e. The maximum absolute atomic E-state index is 13.5. The fourth-order valence-corrected chi connectivity index (χ4v) is 5.29. The van der Waals surface area contributed by atoms with E-state index in [9.17, 15) is 4.79 Å². The van der Waals surface area contributed by atoms with E-state index in [1.165, 1.54) is 11.1 Å². The van der Waals surface area contributed by atoms with Crippen LogP contribution in [0.4, 0.5) is 11.6 Å². The molecule has 184 valence electrons. The van der Waals surface area contributed by atoms with Crippen LogP contribution in [0.15, 0.2) is 53.6 Å². The highest BCUT2D eigenvalue weighted by molar-refractivity contribution is 5.89. The summed E-state index contributed by atoms with van der Waals surface area (Å²) in [5.74, 6) is 0.420. The molecule has 3 aromatic heterocycles. The first-order valence-electron chi connectivity index (χ1n) is 12.5. The minimum absolute atomic E-state index is 0.0387. The second kappa shape index (κ2) is 9.07. The molecule has 1 fully saturated rings. The Bertz CT molecular complexity index is 1470. The Kier molecular flexibility index (Phi) is 5.73. The van der Waals surface area contributed by atoms with Crippen molar-refractivity contribution in [1.29, 1.82) is 0 Å². The molecule has 0 radical (unpaired) electrons. The summed E-state index contributed by atoms with van der Waals surface area (Å²) in [4.78, 5) is 27.2. The molecule has 0 aliphatic carbocycles. The number of aromatic nitrogens is 5. The standard InChI is InChI=1S/C27H30N8O/c1-27(2)16-29-14-17-13-18(6-7-21(17)27)32-26-31-15-20-23(33-26)24(22-5-3-4-10-30-22)34-35(25(20)36)19-8-11-28-12-9-19/h3-7,10,13,15,19,28-29H,8-9,11-12,14,16H2,1-2H3,(H,31,32,33). The first-order valence-corrected chi connectivity index (χ1v) is 12.5. The molecule has 0 amide bonds. The van der Waals surface area contributed by atoms with Crippen molar-refractivity contribution in [2.45, 2.75) is 44.7 Å². The lowest BCUT2D eigenvalue weighted by Gasteiger charge is -2.33. The molecule has 1 aromatic carbocycles. The van der Waals surface area contributed by atoms with Gasteiger partial charge in [0.05, 0.1) is 17.1 Å². The molecule has 5 heterocycles. The topological polar surface area (TPSA) is 110 Å². The van der Waals surface area contributed by atoms with Crippen LogP contribution in [0.25, 0.3) is 22.3 Å². The zero-order valence-electron chi connectivity index (χ0n) is 20.6. The Balaban J connectivity index is 1.43. The molecule has 36 heavy (non-hydrogen) atoms. The van der Waals surface area contributed by atoms with Gasteiger partial charge in [0, 0.05) is 36.6 Å². The molecule has 0 atom stereocenters. The van der Waals surface area contributed by atoms with E-state index >= 15 is 0 Å². The van der Waals surface area contributed by atoms with Gasteiger partial charge in [-0.25, -0.2) is 14.6 Å². The third-order valence-electron chi connectivity index (χ3n) is 7.19. The number of piperidine rings is 1. The summed E-state index contributed by atoms with van der Waals surface area (Å²) < 4.78 is 1.61. The molecule has 0 unspecified atom stereocenters. The van der Waals surface area contributed by atoms with Crippen molar-refractivity contribution in [2.24, 2.45) is 0 Å². The fourth-order valence-electron chi connectivity index (χ4n) is 5.29. The largest absolute Gasteiger partial charge is 0.324 e. The molecule has 4 aromatic rings. The highest BCUT2D eigenvalue weighted by Crippen LogP contribution is 2.32. The second-order valence-corrected chi connectivity index (χ2v) is 10.2. The van der Waals surface area contributed by atoms with E-state index in [1.807, 2.05) is 18.2 Å². The number of hydrogen-bond donors (Lipinski definition) is 3. The predicted molar refractivity (Wildman–Crippen MR) is 140 cm³/mol. The van der Waals surface area contributed by atoms with Crippen molar-refractivity contribution in [3.8, 4) is 11.4 Å². The van der Waals surface area contributed by atoms with Crippen LogP contribution in [0.3, 0.4) is 0 Å². The summed E-state index contributed by atoms with van der Waals surface area (Å²) in [6.45, 7) is 8.02. The molecule has 2 aliphatic heterocycles. The van der Waals surface area contributed by atoms with Gasteiger partial charge < -0.3 is 16.0 Å². The van der Waals surface area contributed by atoms with Gasteiger partial charge in [-0.1, -0.05) is 26.0 Å². The SMILES string of the molecule is CC1(C)CNCc2cc(Nc3ncc4c(=O)n(C5CCNCC5)nc(-c5ccccn5)c4n3)ccc21. The lowest BCUT2D eigenvalue weighted by molar-refractivity contribution is 0.334. The highest BCUT2D eigenvalue weighted by Gasteiger charge is 2.27. The molecule has 3 N–H and O–H groups in total. The van der Waals surface area contributed by atoms with E-state index in [0.717, 1.165) is 44.7 Å². The summed E-state index contributed by atoms with van der Waals surface area (Å²) in [6, 6.07) is 12.1. The molecule has 9 nitrogen and oxygen atoms in total. The van der Waals surface area contributed by atoms with Gasteiger partial charge in [0.15, 0.2) is 0 Å². The minimum atomic E-state index is -0.162. The number of rotatable bonds is 4. The summed E-state index contributed by atoms with van der Waals surface area (Å²) in [5, 5.41) is 15.4. The van der Waals surface area contributed by atoms with Crippen molar-refractivity contribution < 1.29 is 0 Å². The Hall–Kier alpha value is -3.69. The van der Waals surface area contributed by atoms with Crippen molar-refractivity contribution in [2.75, 3.05) is 25.0 Å². The average molecular weight is 483 g/mol. The van der Waals surface area contributed by atoms with Crippen LogP contribution in [0.1, 0.15) is 43.9 Å². The first-order chi connectivity index (χ1) is 17.5. The van der Waals surface area contributed by atoms with E-state index in [4.69, 9.17) is 10.1 Å². The van der Waals surface area contributed by atoms with E-state index in [1.54, 1.807) is 17.1 Å². The van der Waals surface area contributed by atoms with E-state index in [-0.39, 0.29) is 17.0 Å². The van der Waals surface area contributed by atoms with Crippen molar-refractivity contribution in [1.82, 2.24) is 35.4 Å². The highest BCUT2D eigenvalue weighted by atomic mass is 16.1. The van der Waals surface area contributed by atoms with Gasteiger partial charge in [-0.2, -0.15) is 5.10 Å². The zero-order chi connectivity index (χ0) is 24.7. The molecular formula is C27H30N8O. The maximum atomic E-state index is 13.5. The Morgan fingerprint density at radius 3 is 2.75 bits per heavy atom. The number of pyridine rings is 1. The number of fused-ring (bicyclic) bond motifs is 2. The van der Waals surface area contributed by atoms with Gasteiger partial charge in [-0.05, 0) is 61.3 Å². The molecule has 0 spiro atoms. The van der Waals surface area contributed by atoms with Gasteiger partial charge in [0.1, 0.15) is 11.2 Å². The Morgan fingerprint density at radius 2 is 1.94 bits per heavy atom. The summed E-state index contributed by atoms with van der Waals surface area (Å²) in [7, 11) is 0. The fraction of sp³-hybridized carbons (Fsp3) is 0.370. The summed E-state index contributed by atoms with van der Waals surface area (Å²) in [5.41, 5.74) is 5.21. The smallest absolute Gasteiger partial charge is 0.278 e. The molecule has 6 rings (SSSR count). The van der Waals surface area contributed by atoms with Crippen molar-refractivity contribution in [3.05, 3.63) is 70.3 Å². The van der Waals surface area contributed by atoms with E-state index in [0.29, 0.717) is 28.2 Å². The van der Waals surface area contributed by atoms with Gasteiger partial charge in [-0.3, -0.25) is 9.78 Å². The number of benzene rings is 1. The van der Waals surface area contributed by atoms with Gasteiger partial charge in [0.2, 0.25) is 5.95 Å². The van der Waals surface area contributed by atoms with E-state index < -0.39 is 0 Å². The van der Waals surface area contributed by atoms with Crippen LogP contribution < -0.4 is 21.5 Å². The van der Waals surface area contributed by atoms with Gasteiger partial charge >= 0.3 is 0 Å². The second-order valence-electron chi connectivity index (χ2n) is 10.2. The summed E-state index contributed by atoms with van der Waals surface area (Å²) >= 11 is 0. The summed E-state index contributed by atoms with van der Waals surface area (Å²) in [6.07, 6.45) is 5.04. The number of nitrogens with one attached hydrogen (secondary N) is 3. The van der Waals surface area contributed by atoms with Crippen molar-refractivity contribution >= 4 is 22.5 Å². The molecular weight excluding hydrogens is 452 g/mol. The van der Waals surface area contributed by atoms with Crippen LogP contribution in [0, 0.1) is 0 Å². The number of nitrogens with zero attached hydrogens (tertiary/aromatic N) is 5. The maximum Gasteiger partial charge on any atom is 0.278 e. The first kappa shape index (κ1) is 22.8. The average Bonchev–Trinajstić information content (AvgIpc) is 2.90. The third-order valence-corrected chi connectivity index (χ3v) is 7.19. The number of anilines is 2. The molecule has 0 bridgehead atoms.